The van der Waals surface area contributed by atoms with Crippen molar-refractivity contribution in [3.63, 3.8) is 0 Å². The fourth-order valence-electron chi connectivity index (χ4n) is 4.60. The van der Waals surface area contributed by atoms with E-state index in [0.717, 1.165) is 23.5 Å². The molecule has 7 nitrogen and oxygen atoms in total. The zero-order valence-electron chi connectivity index (χ0n) is 17.8. The molecule has 0 bridgehead atoms. The van der Waals surface area contributed by atoms with Crippen LogP contribution in [0.25, 0.3) is 11.3 Å². The predicted molar refractivity (Wildman–Crippen MR) is 122 cm³/mol. The number of nitro groups is 1. The van der Waals surface area contributed by atoms with E-state index in [4.69, 9.17) is 4.42 Å². The number of carbonyl (C=O) groups excluding carboxylic acids is 1. The highest BCUT2D eigenvalue weighted by molar-refractivity contribution is 6.01. The van der Waals surface area contributed by atoms with Gasteiger partial charge in [-0.2, -0.15) is 0 Å². The molecule has 32 heavy (non-hydrogen) atoms. The Morgan fingerprint density at radius 1 is 1.00 bits per heavy atom. The van der Waals surface area contributed by atoms with Gasteiger partial charge in [0, 0.05) is 23.8 Å². The van der Waals surface area contributed by atoms with E-state index in [9.17, 15) is 14.9 Å². The van der Waals surface area contributed by atoms with E-state index in [-0.39, 0.29) is 16.9 Å². The van der Waals surface area contributed by atoms with Crippen LogP contribution < -0.4 is 10.6 Å². The third kappa shape index (κ3) is 3.45. The van der Waals surface area contributed by atoms with Gasteiger partial charge in [0.15, 0.2) is 5.78 Å². The summed E-state index contributed by atoms with van der Waals surface area (Å²) in [7, 11) is 0. The van der Waals surface area contributed by atoms with Crippen LogP contribution >= 0.6 is 0 Å². The first-order valence-corrected chi connectivity index (χ1v) is 10.5. The van der Waals surface area contributed by atoms with Crippen LogP contribution in [0.5, 0.6) is 0 Å². The van der Waals surface area contributed by atoms with Gasteiger partial charge in [0.1, 0.15) is 17.6 Å². The molecule has 0 fully saturated rings. The van der Waals surface area contributed by atoms with Gasteiger partial charge < -0.3 is 15.1 Å². The number of carbonyl (C=O) groups is 1. The molecule has 2 heterocycles. The zero-order valence-corrected chi connectivity index (χ0v) is 17.8. The Kier molecular flexibility index (Phi) is 4.62. The van der Waals surface area contributed by atoms with Gasteiger partial charge in [-0.15, -0.1) is 0 Å². The fraction of sp³-hybridized carbons (Fsp3) is 0.240. The van der Waals surface area contributed by atoms with Crippen LogP contribution in [0.3, 0.4) is 0 Å². The minimum Gasteiger partial charge on any atom is -0.458 e. The van der Waals surface area contributed by atoms with Crippen molar-refractivity contribution in [3.05, 3.63) is 87.8 Å². The van der Waals surface area contributed by atoms with Crippen molar-refractivity contribution >= 4 is 22.8 Å². The molecule has 3 aromatic rings. The lowest BCUT2D eigenvalue weighted by Crippen LogP contribution is -2.31. The first-order valence-electron chi connectivity index (χ1n) is 10.5. The van der Waals surface area contributed by atoms with E-state index in [0.29, 0.717) is 29.1 Å². The molecular formula is C25H23N3O4. The number of nitro benzene ring substituents is 1. The van der Waals surface area contributed by atoms with Crippen molar-refractivity contribution in [2.24, 2.45) is 5.41 Å². The Hall–Kier alpha value is -3.87. The van der Waals surface area contributed by atoms with Crippen molar-refractivity contribution in [2.75, 3.05) is 10.6 Å². The van der Waals surface area contributed by atoms with Gasteiger partial charge in [-0.25, -0.2) is 0 Å². The van der Waals surface area contributed by atoms with Crippen molar-refractivity contribution in [1.82, 2.24) is 0 Å². The minimum atomic E-state index is -0.499. The van der Waals surface area contributed by atoms with Crippen molar-refractivity contribution in [3.8, 4) is 11.3 Å². The number of fused-ring (bicyclic) bond motifs is 1. The Balaban J connectivity index is 1.62. The average molecular weight is 429 g/mol. The van der Waals surface area contributed by atoms with E-state index in [2.05, 4.69) is 24.5 Å². The summed E-state index contributed by atoms with van der Waals surface area (Å²) in [6.45, 7) is 4.18. The summed E-state index contributed by atoms with van der Waals surface area (Å²) in [5.74, 6) is 1.00. The maximum absolute atomic E-state index is 13.3. The second-order valence-electron chi connectivity index (χ2n) is 9.06. The number of Topliss-reactive ketones (excluding diaryl/α,β-unsaturated/α-hetero) is 1. The molecule has 0 saturated carbocycles. The third-order valence-corrected chi connectivity index (χ3v) is 6.00. The molecule has 162 valence electrons. The smallest absolute Gasteiger partial charge is 0.280 e. The normalized spacial score (nSPS) is 19.3. The summed E-state index contributed by atoms with van der Waals surface area (Å²) in [5, 5.41) is 18.4. The first-order chi connectivity index (χ1) is 15.3. The van der Waals surface area contributed by atoms with Crippen LogP contribution in [-0.2, 0) is 4.79 Å². The second kappa shape index (κ2) is 7.37. The van der Waals surface area contributed by atoms with E-state index in [1.165, 1.54) is 6.07 Å². The number of hydrogen-bond donors (Lipinski definition) is 2. The summed E-state index contributed by atoms with van der Waals surface area (Å²) < 4.78 is 6.14. The highest BCUT2D eigenvalue weighted by Gasteiger charge is 2.39. The minimum absolute atomic E-state index is 0.0235. The first kappa shape index (κ1) is 20.1. The maximum Gasteiger partial charge on any atom is 0.280 e. The van der Waals surface area contributed by atoms with E-state index in [1.54, 1.807) is 30.3 Å². The zero-order chi connectivity index (χ0) is 22.5. The number of hydrogen-bond acceptors (Lipinski definition) is 6. The standard InChI is InChI=1S/C25H23N3O4/c1-25(2)13-18-23(20(29)14-25)24(27-17-9-5-4-8-16(17)26-18)22-12-11-21(32-22)15-7-3-6-10-19(15)28(30)31/h3-12,24,26-27H,13-14H2,1-2H3/t24-/m0/s1. The summed E-state index contributed by atoms with van der Waals surface area (Å²) in [4.78, 5) is 24.3. The Labute approximate surface area is 185 Å². The lowest BCUT2D eigenvalue weighted by molar-refractivity contribution is -0.384. The average Bonchev–Trinajstić information content (AvgIpc) is 3.16. The number of ketones is 1. The quantitative estimate of drug-likeness (QED) is 0.387. The van der Waals surface area contributed by atoms with E-state index < -0.39 is 11.0 Å². The van der Waals surface area contributed by atoms with Crippen molar-refractivity contribution in [1.29, 1.82) is 0 Å². The predicted octanol–water partition coefficient (Wildman–Crippen LogP) is 6.08. The number of para-hydroxylation sites is 3. The molecule has 2 aliphatic rings. The molecule has 2 aromatic carbocycles. The number of benzene rings is 2. The molecule has 5 rings (SSSR count). The molecular weight excluding hydrogens is 406 g/mol. The van der Waals surface area contributed by atoms with Gasteiger partial charge in [0.2, 0.25) is 0 Å². The van der Waals surface area contributed by atoms with Gasteiger partial charge in [0.25, 0.3) is 5.69 Å². The molecule has 1 aromatic heterocycles. The van der Waals surface area contributed by atoms with E-state index >= 15 is 0 Å². The fourth-order valence-corrected chi connectivity index (χ4v) is 4.60. The Morgan fingerprint density at radius 3 is 2.50 bits per heavy atom. The van der Waals surface area contributed by atoms with Crippen molar-refractivity contribution in [2.45, 2.75) is 32.7 Å². The number of allylic oxidation sites excluding steroid dienone is 1. The van der Waals surface area contributed by atoms with Crippen LogP contribution in [0, 0.1) is 15.5 Å². The molecule has 1 aliphatic carbocycles. The van der Waals surface area contributed by atoms with Gasteiger partial charge in [-0.05, 0) is 42.2 Å². The molecule has 1 aliphatic heterocycles. The van der Waals surface area contributed by atoms with Gasteiger partial charge in [0.05, 0.1) is 21.9 Å². The Morgan fingerprint density at radius 2 is 1.72 bits per heavy atom. The number of furan rings is 1. The largest absolute Gasteiger partial charge is 0.458 e. The molecule has 2 N–H and O–H groups in total. The highest BCUT2D eigenvalue weighted by Crippen LogP contribution is 2.46. The number of nitrogens with one attached hydrogen (secondary N) is 2. The Bertz CT molecular complexity index is 1270. The molecule has 0 spiro atoms. The van der Waals surface area contributed by atoms with Gasteiger partial charge in [-0.1, -0.05) is 38.1 Å². The molecule has 0 saturated heterocycles. The lowest BCUT2D eigenvalue weighted by Gasteiger charge is -2.33. The summed E-state index contributed by atoms with van der Waals surface area (Å²) in [5.41, 5.74) is 3.54. The van der Waals surface area contributed by atoms with Gasteiger partial charge >= 0.3 is 0 Å². The lowest BCUT2D eigenvalue weighted by atomic mass is 9.74. The molecule has 7 heteroatoms. The van der Waals surface area contributed by atoms with Crippen LogP contribution in [0.2, 0.25) is 0 Å². The van der Waals surface area contributed by atoms with E-state index in [1.807, 2.05) is 24.3 Å². The molecule has 0 radical (unpaired) electrons. The maximum atomic E-state index is 13.3. The summed E-state index contributed by atoms with van der Waals surface area (Å²) in [6.07, 6.45) is 1.18. The van der Waals surface area contributed by atoms with Crippen LogP contribution in [0.4, 0.5) is 17.1 Å². The molecule has 1 atom stereocenters. The van der Waals surface area contributed by atoms with Crippen LogP contribution in [-0.4, -0.2) is 10.7 Å². The van der Waals surface area contributed by atoms with Crippen LogP contribution in [0.1, 0.15) is 38.5 Å². The number of rotatable bonds is 3. The highest BCUT2D eigenvalue weighted by atomic mass is 16.6. The second-order valence-corrected chi connectivity index (χ2v) is 9.06. The molecule has 0 unspecified atom stereocenters. The van der Waals surface area contributed by atoms with Crippen molar-refractivity contribution < 1.29 is 14.1 Å². The third-order valence-electron chi connectivity index (χ3n) is 6.00. The summed E-state index contributed by atoms with van der Waals surface area (Å²) >= 11 is 0. The SMILES string of the molecule is CC1(C)CC(=O)C2=C(C1)Nc1ccccc1N[C@H]2c1ccc(-c2ccccc2[N+](=O)[O-])o1. The topological polar surface area (TPSA) is 97.4 Å². The van der Waals surface area contributed by atoms with Gasteiger partial charge in [-0.3, -0.25) is 14.9 Å². The number of anilines is 2. The monoisotopic (exact) mass is 429 g/mol. The molecule has 0 amide bonds. The summed E-state index contributed by atoms with van der Waals surface area (Å²) in [6, 6.07) is 17.3. The van der Waals surface area contributed by atoms with Crippen LogP contribution in [0.15, 0.2) is 76.4 Å². The number of nitrogens with zero attached hydrogens (tertiary/aromatic N) is 1.